The van der Waals surface area contributed by atoms with Gasteiger partial charge >= 0.3 is 0 Å². The Morgan fingerprint density at radius 1 is 1.23 bits per heavy atom. The fraction of sp³-hybridized carbons (Fsp3) is 0.526. The molecular formula is C19H27N3O2S2. The number of piperidine rings is 1. The van der Waals surface area contributed by atoms with Crippen molar-refractivity contribution in [3.8, 4) is 0 Å². The van der Waals surface area contributed by atoms with Crippen molar-refractivity contribution in [2.75, 3.05) is 17.8 Å². The van der Waals surface area contributed by atoms with Gasteiger partial charge in [0.25, 0.3) is 10.0 Å². The fourth-order valence-corrected chi connectivity index (χ4v) is 5.78. The number of benzene rings is 1. The summed E-state index contributed by atoms with van der Waals surface area (Å²) in [4.78, 5) is 8.33. The maximum atomic E-state index is 12.7. The smallest absolute Gasteiger partial charge is 0.263 e. The maximum absolute atomic E-state index is 12.7. The van der Waals surface area contributed by atoms with Crippen LogP contribution < -0.4 is 4.72 Å². The molecule has 1 N–H and O–H groups in total. The second-order valence-corrected chi connectivity index (χ2v) is 10.1. The van der Waals surface area contributed by atoms with Crippen molar-refractivity contribution < 1.29 is 8.42 Å². The summed E-state index contributed by atoms with van der Waals surface area (Å²) in [5.74, 6) is 0.800. The van der Waals surface area contributed by atoms with E-state index < -0.39 is 10.0 Å². The van der Waals surface area contributed by atoms with E-state index in [-0.39, 0.29) is 0 Å². The normalized spacial score (nSPS) is 16.8. The number of aryl methyl sites for hydroxylation is 3. The Labute approximate surface area is 160 Å². The Morgan fingerprint density at radius 3 is 2.58 bits per heavy atom. The number of sulfonamides is 1. The van der Waals surface area contributed by atoms with E-state index >= 15 is 0 Å². The third-order valence-electron chi connectivity index (χ3n) is 4.98. The number of nitrogens with zero attached hydrogens (tertiary/aromatic N) is 2. The Balaban J connectivity index is 1.74. The van der Waals surface area contributed by atoms with Gasteiger partial charge in [0, 0.05) is 11.4 Å². The lowest BCUT2D eigenvalue weighted by Gasteiger charge is -2.29. The third kappa shape index (κ3) is 4.45. The molecule has 26 heavy (non-hydrogen) atoms. The van der Waals surface area contributed by atoms with E-state index in [9.17, 15) is 8.42 Å². The molecule has 2 aromatic rings. The molecule has 1 aromatic carbocycles. The second-order valence-electron chi connectivity index (χ2n) is 7.36. The van der Waals surface area contributed by atoms with E-state index in [1.807, 2.05) is 32.9 Å². The van der Waals surface area contributed by atoms with Crippen LogP contribution in [0, 0.1) is 26.7 Å². The highest BCUT2D eigenvalue weighted by atomic mass is 32.2. The molecule has 1 aromatic heterocycles. The number of anilines is 1. The molecule has 0 unspecified atom stereocenters. The molecule has 1 aliphatic rings. The number of nitrogens with one attached hydrogen (secondary N) is 1. The predicted octanol–water partition coefficient (Wildman–Crippen LogP) is 4.10. The molecule has 0 atom stereocenters. The first-order valence-corrected chi connectivity index (χ1v) is 11.3. The van der Waals surface area contributed by atoms with Crippen LogP contribution in [0.1, 0.15) is 41.5 Å². The number of rotatable bonds is 5. The molecule has 2 heterocycles. The average Bonchev–Trinajstić information content (AvgIpc) is 2.87. The van der Waals surface area contributed by atoms with Gasteiger partial charge < -0.3 is 0 Å². The highest BCUT2D eigenvalue weighted by molar-refractivity contribution is 7.93. The van der Waals surface area contributed by atoms with Crippen LogP contribution in [-0.2, 0) is 16.6 Å². The van der Waals surface area contributed by atoms with Gasteiger partial charge in [-0.05, 0) is 64.3 Å². The molecule has 0 aliphatic carbocycles. The number of thiazole rings is 1. The Kier molecular flexibility index (Phi) is 5.69. The number of hydrogen-bond donors (Lipinski definition) is 1. The highest BCUT2D eigenvalue weighted by Crippen LogP contribution is 2.28. The van der Waals surface area contributed by atoms with Gasteiger partial charge in [0.15, 0.2) is 5.13 Å². The number of aromatic nitrogens is 1. The van der Waals surface area contributed by atoms with Crippen molar-refractivity contribution in [2.24, 2.45) is 5.92 Å². The van der Waals surface area contributed by atoms with Crippen LogP contribution in [0.5, 0.6) is 0 Å². The van der Waals surface area contributed by atoms with E-state index in [1.165, 1.54) is 24.2 Å². The number of hydrogen-bond acceptors (Lipinski definition) is 5. The zero-order valence-electron chi connectivity index (χ0n) is 15.9. The van der Waals surface area contributed by atoms with Crippen molar-refractivity contribution in [1.82, 2.24) is 9.88 Å². The minimum Gasteiger partial charge on any atom is -0.298 e. The standard InChI is InChI=1S/C19H27N3O2S2/c1-13-7-9-22(10-8-13)12-17-16(4)20-19(25-17)21-26(23,24)18-6-5-14(2)11-15(18)3/h5-6,11,13H,7-10,12H2,1-4H3,(H,20,21). The van der Waals surface area contributed by atoms with E-state index in [0.29, 0.717) is 10.0 Å². The van der Waals surface area contributed by atoms with Crippen molar-refractivity contribution in [3.63, 3.8) is 0 Å². The molecule has 0 saturated carbocycles. The summed E-state index contributed by atoms with van der Waals surface area (Å²) in [6.45, 7) is 11.1. The summed E-state index contributed by atoms with van der Waals surface area (Å²) in [6.07, 6.45) is 2.45. The lowest BCUT2D eigenvalue weighted by atomic mass is 9.99. The third-order valence-corrected chi connectivity index (χ3v) is 7.66. The first-order valence-electron chi connectivity index (χ1n) is 9.03. The van der Waals surface area contributed by atoms with E-state index in [0.717, 1.165) is 47.3 Å². The summed E-state index contributed by atoms with van der Waals surface area (Å²) >= 11 is 1.44. The fourth-order valence-electron chi connectivity index (χ4n) is 3.31. The van der Waals surface area contributed by atoms with Gasteiger partial charge in [-0.2, -0.15) is 0 Å². The molecule has 1 saturated heterocycles. The first kappa shape index (κ1) is 19.3. The molecule has 0 spiro atoms. The first-order chi connectivity index (χ1) is 12.2. The van der Waals surface area contributed by atoms with Crippen LogP contribution >= 0.6 is 11.3 Å². The molecule has 0 bridgehead atoms. The summed E-state index contributed by atoms with van der Waals surface area (Å²) in [5.41, 5.74) is 2.70. The van der Waals surface area contributed by atoms with Crippen LogP contribution in [0.25, 0.3) is 0 Å². The molecular weight excluding hydrogens is 366 g/mol. The van der Waals surface area contributed by atoms with Crippen LogP contribution in [0.2, 0.25) is 0 Å². The molecule has 0 amide bonds. The van der Waals surface area contributed by atoms with Crippen molar-refractivity contribution in [1.29, 1.82) is 0 Å². The van der Waals surface area contributed by atoms with Crippen LogP contribution in [-0.4, -0.2) is 31.4 Å². The van der Waals surface area contributed by atoms with Gasteiger partial charge in [-0.3, -0.25) is 9.62 Å². The van der Waals surface area contributed by atoms with Crippen molar-refractivity contribution in [3.05, 3.63) is 39.9 Å². The highest BCUT2D eigenvalue weighted by Gasteiger charge is 2.21. The van der Waals surface area contributed by atoms with Crippen LogP contribution in [0.3, 0.4) is 0 Å². The van der Waals surface area contributed by atoms with Gasteiger partial charge in [-0.1, -0.05) is 36.0 Å². The maximum Gasteiger partial charge on any atom is 0.263 e. The zero-order chi connectivity index (χ0) is 18.9. The van der Waals surface area contributed by atoms with Gasteiger partial charge in [0.1, 0.15) is 0 Å². The van der Waals surface area contributed by atoms with Gasteiger partial charge in [-0.25, -0.2) is 13.4 Å². The number of likely N-dealkylation sites (tertiary alicyclic amines) is 1. The topological polar surface area (TPSA) is 62.3 Å². The van der Waals surface area contributed by atoms with E-state index in [2.05, 4.69) is 21.5 Å². The Bertz CT molecular complexity index is 882. The quantitative estimate of drug-likeness (QED) is 0.831. The van der Waals surface area contributed by atoms with Crippen molar-refractivity contribution >= 4 is 26.5 Å². The van der Waals surface area contributed by atoms with E-state index in [4.69, 9.17) is 0 Å². The second kappa shape index (κ2) is 7.66. The molecule has 3 rings (SSSR count). The summed E-state index contributed by atoms with van der Waals surface area (Å²) < 4.78 is 28.1. The minimum atomic E-state index is -3.62. The minimum absolute atomic E-state index is 0.308. The van der Waals surface area contributed by atoms with Gasteiger partial charge in [0.2, 0.25) is 0 Å². The monoisotopic (exact) mass is 393 g/mol. The summed E-state index contributed by atoms with van der Waals surface area (Å²) in [5, 5.41) is 0.447. The van der Waals surface area contributed by atoms with Gasteiger partial charge in [-0.15, -0.1) is 0 Å². The Morgan fingerprint density at radius 2 is 1.92 bits per heavy atom. The zero-order valence-corrected chi connectivity index (χ0v) is 17.5. The summed E-state index contributed by atoms with van der Waals surface area (Å²) in [7, 11) is -3.62. The molecule has 1 aliphatic heterocycles. The van der Waals surface area contributed by atoms with Crippen LogP contribution in [0.4, 0.5) is 5.13 Å². The van der Waals surface area contributed by atoms with E-state index in [1.54, 1.807) is 6.07 Å². The lowest BCUT2D eigenvalue weighted by Crippen LogP contribution is -2.32. The van der Waals surface area contributed by atoms with Crippen LogP contribution in [0.15, 0.2) is 23.1 Å². The molecule has 0 radical (unpaired) electrons. The predicted molar refractivity (Wildman–Crippen MR) is 107 cm³/mol. The average molecular weight is 394 g/mol. The SMILES string of the molecule is Cc1ccc(S(=O)(=O)Nc2nc(C)c(CN3CCC(C)CC3)s2)c(C)c1. The Hall–Kier alpha value is -1.44. The summed E-state index contributed by atoms with van der Waals surface area (Å²) in [6, 6.07) is 5.35. The molecule has 7 heteroatoms. The van der Waals surface area contributed by atoms with Crippen molar-refractivity contribution in [2.45, 2.75) is 52.0 Å². The largest absolute Gasteiger partial charge is 0.298 e. The molecule has 5 nitrogen and oxygen atoms in total. The molecule has 1 fully saturated rings. The molecule has 142 valence electrons. The van der Waals surface area contributed by atoms with Gasteiger partial charge in [0.05, 0.1) is 10.6 Å². The lowest BCUT2D eigenvalue weighted by molar-refractivity contribution is 0.186.